The van der Waals surface area contributed by atoms with Crippen LogP contribution in [0.25, 0.3) is 0 Å². The molecule has 5 atom stereocenters. The van der Waals surface area contributed by atoms with Crippen LogP contribution in [0.4, 0.5) is 0 Å². The highest BCUT2D eigenvalue weighted by atomic mass is 16.5. The van der Waals surface area contributed by atoms with Crippen molar-refractivity contribution in [2.24, 2.45) is 11.8 Å². The van der Waals surface area contributed by atoms with Gasteiger partial charge in [-0.2, -0.15) is 0 Å². The van der Waals surface area contributed by atoms with Crippen LogP contribution in [-0.2, 0) is 9.53 Å². The summed E-state index contributed by atoms with van der Waals surface area (Å²) in [6.45, 7) is 2.31. The van der Waals surface area contributed by atoms with Crippen molar-refractivity contribution in [2.45, 2.75) is 83.0 Å². The lowest BCUT2D eigenvalue weighted by molar-refractivity contribution is -0.122. The van der Waals surface area contributed by atoms with E-state index in [4.69, 9.17) is 4.74 Å². The van der Waals surface area contributed by atoms with Crippen LogP contribution in [0.15, 0.2) is 24.3 Å². The van der Waals surface area contributed by atoms with Gasteiger partial charge >= 0.3 is 0 Å². The van der Waals surface area contributed by atoms with E-state index in [2.05, 4.69) is 6.92 Å². The molecule has 3 unspecified atom stereocenters. The summed E-state index contributed by atoms with van der Waals surface area (Å²) in [7, 11) is 1.52. The van der Waals surface area contributed by atoms with Crippen LogP contribution in [0.5, 0.6) is 0 Å². The number of ether oxygens (including phenoxy) is 1. The predicted molar refractivity (Wildman–Crippen MR) is 107 cm³/mol. The van der Waals surface area contributed by atoms with Crippen LogP contribution in [0.3, 0.4) is 0 Å². The number of aliphatic hydroxyl groups is 3. The van der Waals surface area contributed by atoms with E-state index in [0.29, 0.717) is 19.3 Å². The standard InChI is InChI=1S/C22H38O5/c1-3-4-7-10-17(23)13-14-20-19(21(25)15-22(20)26)12-9-6-5-8-11-18(24)16-27-2/h6,9,13-14,17,19-23,25-26H,3-5,7-8,10-12,15-16H2,1-2H3/b9-6-,14-13+/t17?,19-,20-,21?,22?/m1/s1. The number of allylic oxidation sites excluding steroid dienone is 2. The molecule has 5 heteroatoms. The normalized spacial score (nSPS) is 27.0. The van der Waals surface area contributed by atoms with Crippen molar-refractivity contribution < 1.29 is 24.9 Å². The molecule has 1 saturated carbocycles. The molecule has 1 aliphatic rings. The van der Waals surface area contributed by atoms with E-state index in [1.165, 1.54) is 7.11 Å². The first kappa shape index (κ1) is 24.0. The molecule has 1 rings (SSSR count). The van der Waals surface area contributed by atoms with Gasteiger partial charge in [-0.3, -0.25) is 4.79 Å². The first-order chi connectivity index (χ1) is 13.0. The molecule has 0 aliphatic heterocycles. The molecular formula is C22H38O5. The molecule has 0 radical (unpaired) electrons. The van der Waals surface area contributed by atoms with E-state index < -0.39 is 18.3 Å². The Morgan fingerprint density at radius 2 is 1.96 bits per heavy atom. The molecule has 1 aliphatic carbocycles. The Hall–Kier alpha value is -1.01. The summed E-state index contributed by atoms with van der Waals surface area (Å²) >= 11 is 0. The second kappa shape index (κ2) is 14.1. The maximum atomic E-state index is 11.4. The molecule has 0 bridgehead atoms. The molecule has 3 N–H and O–H groups in total. The molecular weight excluding hydrogens is 344 g/mol. The fourth-order valence-electron chi connectivity index (χ4n) is 3.68. The third-order valence-electron chi connectivity index (χ3n) is 5.28. The minimum atomic E-state index is -0.566. The Balaban J connectivity index is 2.42. The zero-order chi connectivity index (χ0) is 20.1. The van der Waals surface area contributed by atoms with E-state index in [0.717, 1.165) is 38.5 Å². The summed E-state index contributed by atoms with van der Waals surface area (Å²) in [4.78, 5) is 11.4. The average Bonchev–Trinajstić information content (AvgIpc) is 2.89. The summed E-state index contributed by atoms with van der Waals surface area (Å²) < 4.78 is 4.81. The van der Waals surface area contributed by atoms with E-state index in [1.54, 1.807) is 6.08 Å². The SMILES string of the molecule is CCCCCC(O)/C=C/[C@H]1C(O)CC(O)[C@@H]1C/C=C\CCCC(=O)COC. The number of rotatable bonds is 14. The Morgan fingerprint density at radius 3 is 2.67 bits per heavy atom. The topological polar surface area (TPSA) is 87.0 Å². The summed E-state index contributed by atoms with van der Waals surface area (Å²) in [5.41, 5.74) is 0. The lowest BCUT2D eigenvalue weighted by Gasteiger charge is -2.19. The van der Waals surface area contributed by atoms with Crippen LogP contribution in [0, 0.1) is 11.8 Å². The van der Waals surface area contributed by atoms with Gasteiger partial charge in [-0.15, -0.1) is 0 Å². The van der Waals surface area contributed by atoms with Gasteiger partial charge in [0.1, 0.15) is 6.61 Å². The van der Waals surface area contributed by atoms with Gasteiger partial charge in [-0.05, 0) is 31.6 Å². The Kier molecular flexibility index (Phi) is 12.5. The van der Waals surface area contributed by atoms with Crippen molar-refractivity contribution in [1.82, 2.24) is 0 Å². The van der Waals surface area contributed by atoms with Crippen molar-refractivity contribution in [3.63, 3.8) is 0 Å². The van der Waals surface area contributed by atoms with E-state index in [-0.39, 0.29) is 24.2 Å². The van der Waals surface area contributed by atoms with Gasteiger partial charge in [0, 0.05) is 25.9 Å². The lowest BCUT2D eigenvalue weighted by atomic mass is 9.89. The lowest BCUT2D eigenvalue weighted by Crippen LogP contribution is -2.20. The first-order valence-corrected chi connectivity index (χ1v) is 10.4. The summed E-state index contributed by atoms with van der Waals surface area (Å²) in [6.07, 6.45) is 13.3. The van der Waals surface area contributed by atoms with Gasteiger partial charge in [-0.1, -0.05) is 50.5 Å². The van der Waals surface area contributed by atoms with Gasteiger partial charge in [0.25, 0.3) is 0 Å². The van der Waals surface area contributed by atoms with Crippen molar-refractivity contribution in [3.8, 4) is 0 Å². The van der Waals surface area contributed by atoms with Gasteiger partial charge in [0.05, 0.1) is 18.3 Å². The number of carbonyl (C=O) groups excluding carboxylic acids is 1. The fourth-order valence-corrected chi connectivity index (χ4v) is 3.68. The highest BCUT2D eigenvalue weighted by Gasteiger charge is 2.39. The molecule has 0 aromatic heterocycles. The van der Waals surface area contributed by atoms with Crippen LogP contribution in [0.2, 0.25) is 0 Å². The maximum absolute atomic E-state index is 11.4. The molecule has 0 amide bonds. The Morgan fingerprint density at radius 1 is 1.19 bits per heavy atom. The quantitative estimate of drug-likeness (QED) is 0.317. The molecule has 156 valence electrons. The Labute approximate surface area is 164 Å². The molecule has 27 heavy (non-hydrogen) atoms. The average molecular weight is 383 g/mol. The first-order valence-electron chi connectivity index (χ1n) is 10.4. The fraction of sp³-hybridized carbons (Fsp3) is 0.773. The highest BCUT2D eigenvalue weighted by Crippen LogP contribution is 2.36. The smallest absolute Gasteiger partial charge is 0.158 e. The van der Waals surface area contributed by atoms with E-state index in [9.17, 15) is 20.1 Å². The van der Waals surface area contributed by atoms with E-state index in [1.807, 2.05) is 18.2 Å². The van der Waals surface area contributed by atoms with E-state index >= 15 is 0 Å². The Bertz CT molecular complexity index is 460. The number of Topliss-reactive ketones (excluding diaryl/α,β-unsaturated/α-hetero) is 1. The third kappa shape index (κ3) is 9.65. The zero-order valence-electron chi connectivity index (χ0n) is 16.9. The number of unbranched alkanes of at least 4 members (excludes halogenated alkanes) is 3. The summed E-state index contributed by atoms with van der Waals surface area (Å²) in [5, 5.41) is 30.5. The number of ketones is 1. The van der Waals surface area contributed by atoms with Gasteiger partial charge in [0.15, 0.2) is 5.78 Å². The van der Waals surface area contributed by atoms with Crippen LogP contribution < -0.4 is 0 Å². The van der Waals surface area contributed by atoms with Crippen LogP contribution in [0.1, 0.15) is 64.7 Å². The van der Waals surface area contributed by atoms with Crippen molar-refractivity contribution in [3.05, 3.63) is 24.3 Å². The van der Waals surface area contributed by atoms with Crippen molar-refractivity contribution in [1.29, 1.82) is 0 Å². The second-order valence-electron chi connectivity index (χ2n) is 7.63. The van der Waals surface area contributed by atoms with Crippen LogP contribution >= 0.6 is 0 Å². The third-order valence-corrected chi connectivity index (χ3v) is 5.28. The van der Waals surface area contributed by atoms with Gasteiger partial charge < -0.3 is 20.1 Å². The van der Waals surface area contributed by atoms with Crippen molar-refractivity contribution >= 4 is 5.78 Å². The predicted octanol–water partition coefficient (Wildman–Crippen LogP) is 3.17. The highest BCUT2D eigenvalue weighted by molar-refractivity contribution is 5.79. The largest absolute Gasteiger partial charge is 0.393 e. The van der Waals surface area contributed by atoms with Gasteiger partial charge in [0.2, 0.25) is 0 Å². The summed E-state index contributed by atoms with van der Waals surface area (Å²) in [5.74, 6) is -0.0536. The number of aliphatic hydroxyl groups excluding tert-OH is 3. The number of carbonyl (C=O) groups is 1. The summed E-state index contributed by atoms with van der Waals surface area (Å²) in [6, 6.07) is 0. The molecule has 5 nitrogen and oxygen atoms in total. The molecule has 0 aromatic rings. The molecule has 0 heterocycles. The number of methoxy groups -OCH3 is 1. The number of hydrogen-bond donors (Lipinski definition) is 3. The molecule has 0 aromatic carbocycles. The zero-order valence-corrected chi connectivity index (χ0v) is 16.9. The second-order valence-corrected chi connectivity index (χ2v) is 7.63. The monoisotopic (exact) mass is 382 g/mol. The minimum Gasteiger partial charge on any atom is -0.393 e. The minimum absolute atomic E-state index is 0.0366. The van der Waals surface area contributed by atoms with Gasteiger partial charge in [-0.25, -0.2) is 0 Å². The molecule has 0 spiro atoms. The van der Waals surface area contributed by atoms with Crippen LogP contribution in [-0.4, -0.2) is 53.1 Å². The molecule has 1 fully saturated rings. The molecule has 0 saturated heterocycles. The maximum Gasteiger partial charge on any atom is 0.158 e. The number of hydrogen-bond acceptors (Lipinski definition) is 5. The van der Waals surface area contributed by atoms with Crippen molar-refractivity contribution in [2.75, 3.05) is 13.7 Å².